The van der Waals surface area contributed by atoms with E-state index in [0.29, 0.717) is 17.4 Å². The molecule has 0 saturated carbocycles. The smallest absolute Gasteiger partial charge is 0.233 e. The van der Waals surface area contributed by atoms with Crippen LogP contribution < -0.4 is 14.5 Å². The third-order valence-corrected chi connectivity index (χ3v) is 3.50. The number of hydrogen-bond acceptors (Lipinski definition) is 8. The fraction of sp³-hybridized carbons (Fsp3) is 0.357. The Labute approximate surface area is 128 Å². The Bertz CT molecular complexity index is 692. The minimum atomic E-state index is 0.358. The van der Waals surface area contributed by atoms with Gasteiger partial charge in [-0.25, -0.2) is 9.97 Å². The van der Waals surface area contributed by atoms with Crippen molar-refractivity contribution in [1.82, 2.24) is 19.9 Å². The first kappa shape index (κ1) is 14.0. The van der Waals surface area contributed by atoms with Gasteiger partial charge in [-0.05, 0) is 0 Å². The molecule has 2 aromatic rings. The van der Waals surface area contributed by atoms with Gasteiger partial charge in [0.15, 0.2) is 17.3 Å². The molecule has 0 spiro atoms. The van der Waals surface area contributed by atoms with Crippen LogP contribution in [0.5, 0.6) is 5.88 Å². The van der Waals surface area contributed by atoms with Crippen molar-refractivity contribution in [3.8, 4) is 11.9 Å². The Morgan fingerprint density at radius 2 is 1.82 bits per heavy atom. The lowest BCUT2D eigenvalue weighted by Gasteiger charge is -2.35. The van der Waals surface area contributed by atoms with Crippen LogP contribution in [-0.4, -0.2) is 53.2 Å². The zero-order valence-corrected chi connectivity index (χ0v) is 12.2. The summed E-state index contributed by atoms with van der Waals surface area (Å²) < 4.78 is 5.10. The van der Waals surface area contributed by atoms with Gasteiger partial charge in [0.05, 0.1) is 19.5 Å². The van der Waals surface area contributed by atoms with Crippen LogP contribution in [0.1, 0.15) is 5.69 Å². The first-order chi connectivity index (χ1) is 10.8. The quantitative estimate of drug-likeness (QED) is 0.807. The minimum Gasteiger partial charge on any atom is -0.480 e. The van der Waals surface area contributed by atoms with Crippen molar-refractivity contribution >= 4 is 11.6 Å². The van der Waals surface area contributed by atoms with Gasteiger partial charge in [0.25, 0.3) is 0 Å². The Morgan fingerprint density at radius 1 is 1.09 bits per heavy atom. The largest absolute Gasteiger partial charge is 0.480 e. The molecule has 112 valence electrons. The summed E-state index contributed by atoms with van der Waals surface area (Å²) >= 11 is 0. The third kappa shape index (κ3) is 2.74. The summed E-state index contributed by atoms with van der Waals surface area (Å²) in [6.07, 6.45) is 6.44. The highest BCUT2D eigenvalue weighted by Gasteiger charge is 2.21. The van der Waals surface area contributed by atoms with E-state index in [2.05, 4.69) is 35.8 Å². The maximum absolute atomic E-state index is 9.12. The number of ether oxygens (including phenoxy) is 1. The second-order valence-corrected chi connectivity index (χ2v) is 4.73. The van der Waals surface area contributed by atoms with E-state index in [-0.39, 0.29) is 0 Å². The number of nitrogens with zero attached hydrogens (tertiary/aromatic N) is 7. The van der Waals surface area contributed by atoms with Crippen molar-refractivity contribution in [2.24, 2.45) is 0 Å². The van der Waals surface area contributed by atoms with Gasteiger partial charge < -0.3 is 14.5 Å². The molecule has 0 aromatic carbocycles. The van der Waals surface area contributed by atoms with Crippen LogP contribution in [0, 0.1) is 11.3 Å². The summed E-state index contributed by atoms with van der Waals surface area (Å²) in [5, 5.41) is 9.12. The number of anilines is 2. The standard InChI is InChI=1S/C14H15N7O/c1-22-13-10-16-9-12(19-13)20-4-6-21(7-5-20)14-11(8-15)17-2-3-18-14/h2-3,9-10H,4-7H2,1H3. The molecule has 0 unspecified atom stereocenters. The van der Waals surface area contributed by atoms with Gasteiger partial charge in [-0.2, -0.15) is 10.2 Å². The van der Waals surface area contributed by atoms with Crippen LogP contribution in [0.3, 0.4) is 0 Å². The first-order valence-corrected chi connectivity index (χ1v) is 6.89. The number of nitriles is 1. The Hall–Kier alpha value is -2.95. The van der Waals surface area contributed by atoms with Crippen LogP contribution >= 0.6 is 0 Å². The molecular formula is C14H15N7O. The van der Waals surface area contributed by atoms with Gasteiger partial charge in [-0.15, -0.1) is 0 Å². The molecule has 3 heterocycles. The predicted octanol–water partition coefficient (Wildman–Crippen LogP) is 0.473. The van der Waals surface area contributed by atoms with E-state index in [0.717, 1.165) is 32.0 Å². The summed E-state index contributed by atoms with van der Waals surface area (Å²) in [7, 11) is 1.57. The van der Waals surface area contributed by atoms with Crippen molar-refractivity contribution in [1.29, 1.82) is 5.26 Å². The van der Waals surface area contributed by atoms with Crippen LogP contribution in [-0.2, 0) is 0 Å². The monoisotopic (exact) mass is 297 g/mol. The lowest BCUT2D eigenvalue weighted by molar-refractivity contribution is 0.395. The Balaban J connectivity index is 1.71. The molecule has 1 fully saturated rings. The molecule has 22 heavy (non-hydrogen) atoms. The molecule has 0 radical (unpaired) electrons. The Morgan fingerprint density at radius 3 is 2.55 bits per heavy atom. The van der Waals surface area contributed by atoms with Gasteiger partial charge in [0, 0.05) is 38.6 Å². The van der Waals surface area contributed by atoms with E-state index >= 15 is 0 Å². The zero-order valence-electron chi connectivity index (χ0n) is 12.2. The van der Waals surface area contributed by atoms with E-state index in [9.17, 15) is 0 Å². The van der Waals surface area contributed by atoms with Gasteiger partial charge in [-0.1, -0.05) is 0 Å². The van der Waals surface area contributed by atoms with Crippen molar-refractivity contribution < 1.29 is 4.74 Å². The average molecular weight is 297 g/mol. The predicted molar refractivity (Wildman–Crippen MR) is 79.8 cm³/mol. The van der Waals surface area contributed by atoms with Crippen molar-refractivity contribution in [3.63, 3.8) is 0 Å². The molecule has 1 saturated heterocycles. The van der Waals surface area contributed by atoms with E-state index < -0.39 is 0 Å². The van der Waals surface area contributed by atoms with E-state index in [4.69, 9.17) is 10.00 Å². The molecule has 0 bridgehead atoms. The highest BCUT2D eigenvalue weighted by Crippen LogP contribution is 2.20. The number of hydrogen-bond donors (Lipinski definition) is 0. The molecule has 0 atom stereocenters. The molecular weight excluding hydrogens is 282 g/mol. The summed E-state index contributed by atoms with van der Waals surface area (Å²) in [5.74, 6) is 1.93. The topological polar surface area (TPSA) is 91.1 Å². The normalized spacial score (nSPS) is 14.5. The molecule has 3 rings (SSSR count). The molecule has 1 aliphatic heterocycles. The van der Waals surface area contributed by atoms with Crippen molar-refractivity contribution in [2.75, 3.05) is 43.1 Å². The highest BCUT2D eigenvalue weighted by atomic mass is 16.5. The van der Waals surface area contributed by atoms with E-state index in [1.165, 1.54) is 6.20 Å². The van der Waals surface area contributed by atoms with Gasteiger partial charge >= 0.3 is 0 Å². The summed E-state index contributed by atoms with van der Waals surface area (Å²) in [4.78, 5) is 21.0. The van der Waals surface area contributed by atoms with Crippen molar-refractivity contribution in [2.45, 2.75) is 0 Å². The van der Waals surface area contributed by atoms with Crippen LogP contribution in [0.2, 0.25) is 0 Å². The molecule has 8 nitrogen and oxygen atoms in total. The molecule has 0 aliphatic carbocycles. The van der Waals surface area contributed by atoms with Crippen LogP contribution in [0.15, 0.2) is 24.8 Å². The lowest BCUT2D eigenvalue weighted by Crippen LogP contribution is -2.47. The second kappa shape index (κ2) is 6.22. The van der Waals surface area contributed by atoms with Crippen molar-refractivity contribution in [3.05, 3.63) is 30.5 Å². The lowest BCUT2D eigenvalue weighted by atomic mass is 10.3. The number of methoxy groups -OCH3 is 1. The van der Waals surface area contributed by atoms with Gasteiger partial charge in [0.2, 0.25) is 5.88 Å². The zero-order chi connectivity index (χ0) is 15.4. The summed E-state index contributed by atoms with van der Waals surface area (Å²) in [6.45, 7) is 3.02. The highest BCUT2D eigenvalue weighted by molar-refractivity contribution is 5.51. The maximum atomic E-state index is 9.12. The van der Waals surface area contributed by atoms with E-state index in [1.807, 2.05) is 0 Å². The maximum Gasteiger partial charge on any atom is 0.233 e. The minimum absolute atomic E-state index is 0.358. The molecule has 0 amide bonds. The Kier molecular flexibility index (Phi) is 3.96. The SMILES string of the molecule is COc1cncc(N2CCN(c3nccnc3C#N)CC2)n1. The fourth-order valence-electron chi connectivity index (χ4n) is 2.38. The number of piperazine rings is 1. The second-order valence-electron chi connectivity index (χ2n) is 4.73. The molecule has 8 heteroatoms. The molecule has 1 aliphatic rings. The summed E-state index contributed by atoms with van der Waals surface area (Å²) in [5.41, 5.74) is 0.358. The van der Waals surface area contributed by atoms with Gasteiger partial charge in [-0.3, -0.25) is 4.98 Å². The average Bonchev–Trinajstić information content (AvgIpc) is 2.62. The van der Waals surface area contributed by atoms with Crippen LogP contribution in [0.25, 0.3) is 0 Å². The molecule has 2 aromatic heterocycles. The van der Waals surface area contributed by atoms with Gasteiger partial charge in [0.1, 0.15) is 6.07 Å². The fourth-order valence-corrected chi connectivity index (χ4v) is 2.38. The number of aromatic nitrogens is 4. The van der Waals surface area contributed by atoms with E-state index in [1.54, 1.807) is 25.7 Å². The number of rotatable bonds is 3. The third-order valence-electron chi connectivity index (χ3n) is 3.50. The first-order valence-electron chi connectivity index (χ1n) is 6.89. The van der Waals surface area contributed by atoms with Crippen LogP contribution in [0.4, 0.5) is 11.6 Å². The summed E-state index contributed by atoms with van der Waals surface area (Å²) in [6, 6.07) is 2.08. The molecule has 0 N–H and O–H groups in total.